The van der Waals surface area contributed by atoms with Crippen LogP contribution in [0.4, 0.5) is 34.1 Å². The number of anilines is 6. The van der Waals surface area contributed by atoms with Gasteiger partial charge in [0.15, 0.2) is 0 Å². The predicted molar refractivity (Wildman–Crippen MR) is 224 cm³/mol. The van der Waals surface area contributed by atoms with Gasteiger partial charge in [-0.25, -0.2) is 0 Å². The zero-order valence-electron chi connectivity index (χ0n) is 35.8. The van der Waals surface area contributed by atoms with Gasteiger partial charge in [-0.2, -0.15) is 0 Å². The van der Waals surface area contributed by atoms with Crippen LogP contribution in [-0.2, 0) is 20.4 Å². The fourth-order valence-corrected chi connectivity index (χ4v) is 18.2. The topological polar surface area (TPSA) is 19.4 Å². The van der Waals surface area contributed by atoms with Crippen LogP contribution in [0, 0.1) is 20.8 Å². The normalized spacial score (nSPS) is 13.6. The standard InChI is InChI=1S/C42H63N6Si.3ClH.Ti/c1-26-27(2)29(4)42(28(26)3)49(36-23-20-33(43(8)9)39(30(36)5)46(14)15,37-24-21-34(44(10)11)40(31(37)6)47(16)17)38-25-22-35(45(12)13)41(32(38)7)48(18)19;;;;/h20-25H,1-19H3;3*1H;/q;;;;+3/p-3. The third-order valence-corrected chi connectivity index (χ3v) is 20.5. The van der Waals surface area contributed by atoms with Crippen molar-refractivity contribution in [2.45, 2.75) is 51.8 Å². The van der Waals surface area contributed by atoms with Crippen molar-refractivity contribution in [2.24, 2.45) is 0 Å². The maximum absolute atomic E-state index is 3.11. The van der Waals surface area contributed by atoms with Crippen molar-refractivity contribution in [3.63, 3.8) is 0 Å². The largest absolute Gasteiger partial charge is 1.00 e. The maximum Gasteiger partial charge on any atom is -1.00 e. The molecule has 0 atom stereocenters. The Morgan fingerprint density at radius 3 is 0.811 bits per heavy atom. The number of allylic oxidation sites excluding steroid dienone is 4. The molecule has 4 rings (SSSR count). The van der Waals surface area contributed by atoms with E-state index in [2.05, 4.69) is 219 Å². The predicted octanol–water partition coefficient (Wildman–Crippen LogP) is -2.58. The number of hydrogen-bond acceptors (Lipinski definition) is 6. The summed E-state index contributed by atoms with van der Waals surface area (Å²) >= 11 is 2.60. The summed E-state index contributed by atoms with van der Waals surface area (Å²) < 4.78 is -0.253. The van der Waals surface area contributed by atoms with Crippen molar-refractivity contribution in [3.8, 4) is 0 Å². The van der Waals surface area contributed by atoms with E-state index >= 15 is 0 Å². The van der Waals surface area contributed by atoms with Gasteiger partial charge in [0.1, 0.15) is 0 Å². The van der Waals surface area contributed by atoms with Crippen LogP contribution < -0.4 is 82.2 Å². The first-order chi connectivity index (χ1) is 23.1. The van der Waals surface area contributed by atoms with Crippen LogP contribution in [0.15, 0.2) is 58.7 Å². The van der Waals surface area contributed by atoms with Gasteiger partial charge >= 0.3 is 319 Å². The smallest absolute Gasteiger partial charge is 1.00 e. The number of halogens is 3. The Bertz CT molecular complexity index is 1690. The van der Waals surface area contributed by atoms with E-state index in [0.29, 0.717) is 0 Å². The quantitative estimate of drug-likeness (QED) is 0.164. The molecule has 0 radical (unpaired) electrons. The molecule has 0 aromatic heterocycles. The molecule has 0 heterocycles. The van der Waals surface area contributed by atoms with Crippen LogP contribution >= 0.6 is 0 Å². The van der Waals surface area contributed by atoms with Crippen molar-refractivity contribution in [3.05, 3.63) is 75.4 Å². The van der Waals surface area contributed by atoms with Crippen molar-refractivity contribution >= 4 is 57.8 Å². The molecule has 0 unspecified atom stereocenters. The molecule has 1 aliphatic carbocycles. The van der Waals surface area contributed by atoms with E-state index in [1.54, 1.807) is 0 Å². The van der Waals surface area contributed by atoms with E-state index in [0.717, 1.165) is 0 Å². The zero-order chi connectivity index (χ0) is 37.9. The molecule has 0 spiro atoms. The van der Waals surface area contributed by atoms with Gasteiger partial charge in [-0.3, -0.25) is 0 Å². The molecule has 0 saturated heterocycles. The summed E-state index contributed by atoms with van der Waals surface area (Å²) in [5.41, 5.74) is 17.5. The molecule has 1 aliphatic rings. The van der Waals surface area contributed by atoms with Gasteiger partial charge in [0, 0.05) is 0 Å². The summed E-state index contributed by atoms with van der Waals surface area (Å²) in [7, 11) is 23.1. The Hall–Kier alpha value is -2.26. The second-order valence-corrected chi connectivity index (χ2v) is 21.5. The van der Waals surface area contributed by atoms with E-state index in [-0.39, 0.29) is 40.6 Å². The van der Waals surface area contributed by atoms with E-state index in [4.69, 9.17) is 0 Å². The molecular formula is C42H63Cl3N6SiTi. The molecule has 0 saturated carbocycles. The molecule has 290 valence electrons. The van der Waals surface area contributed by atoms with Crippen LogP contribution in [0.1, 0.15) is 44.4 Å². The van der Waals surface area contributed by atoms with Gasteiger partial charge in [0.2, 0.25) is 0 Å². The Labute approximate surface area is 354 Å². The fourth-order valence-electron chi connectivity index (χ4n) is 9.06. The minimum absolute atomic E-state index is 0. The fraction of sp³-hybridized carbons (Fsp3) is 0.476. The van der Waals surface area contributed by atoms with Gasteiger partial charge < -0.3 is 37.2 Å². The van der Waals surface area contributed by atoms with Crippen LogP contribution in [0.25, 0.3) is 0 Å². The average Bonchev–Trinajstić information content (AvgIpc) is 3.17. The van der Waals surface area contributed by atoms with Crippen molar-refractivity contribution < 1.29 is 57.7 Å². The van der Waals surface area contributed by atoms with Crippen LogP contribution in [0.3, 0.4) is 0 Å². The summed E-state index contributed by atoms with van der Waals surface area (Å²) in [6, 6.07) is 14.7. The minimum Gasteiger partial charge on any atom is -1.00 e. The number of benzene rings is 3. The van der Waals surface area contributed by atoms with Crippen LogP contribution in [0.5, 0.6) is 0 Å². The van der Waals surface area contributed by atoms with Gasteiger partial charge in [-0.15, -0.1) is 0 Å². The molecule has 0 amide bonds. The molecule has 0 fully saturated rings. The average molecular weight is 834 g/mol. The summed E-state index contributed by atoms with van der Waals surface area (Å²) in [6.07, 6.45) is 0. The van der Waals surface area contributed by atoms with Gasteiger partial charge in [0.25, 0.3) is 0 Å². The first-order valence-corrected chi connectivity index (χ1v) is 20.5. The van der Waals surface area contributed by atoms with Crippen molar-refractivity contribution in [2.75, 3.05) is 114 Å². The van der Waals surface area contributed by atoms with Crippen LogP contribution in [0.2, 0.25) is 3.34 Å². The molecule has 3 aromatic rings. The first-order valence-electron chi connectivity index (χ1n) is 17.7. The second kappa shape index (κ2) is 17.7. The number of rotatable bonds is 10. The molecule has 3 aromatic carbocycles. The summed E-state index contributed by atoms with van der Waals surface area (Å²) in [5, 5.41) is 4.43. The van der Waals surface area contributed by atoms with Gasteiger partial charge in [-0.05, 0) is 0 Å². The summed E-state index contributed by atoms with van der Waals surface area (Å²) in [4.78, 5) is 13.8. The number of nitrogens with zero attached hydrogens (tertiary/aromatic N) is 6. The Morgan fingerprint density at radius 2 is 0.623 bits per heavy atom. The van der Waals surface area contributed by atoms with E-state index in [1.165, 1.54) is 88.7 Å². The van der Waals surface area contributed by atoms with Gasteiger partial charge in [0.05, 0.1) is 0 Å². The molecule has 6 nitrogen and oxygen atoms in total. The molecule has 11 heteroatoms. The van der Waals surface area contributed by atoms with Gasteiger partial charge in [-0.1, -0.05) is 0 Å². The molecule has 53 heavy (non-hydrogen) atoms. The monoisotopic (exact) mass is 832 g/mol. The number of hydrogen-bond donors (Lipinski definition) is 0. The zero-order valence-corrected chi connectivity index (χ0v) is 40.6. The SMILES string of the molecule is CC1=C(C)[C]([Ti+3])([Si](c2ccc(N(C)C)c(N(C)C)c2C)(c2ccc(N(C)C)c(N(C)C)c2C)c2ccc(N(C)C)c(N(C)C)c2C)C(C)=C1C.[Cl-].[Cl-].[Cl-]. The van der Waals surface area contributed by atoms with E-state index < -0.39 is 8.07 Å². The molecule has 0 aliphatic heterocycles. The molecule has 0 bridgehead atoms. The molecule has 0 N–H and O–H groups in total. The third-order valence-electron chi connectivity index (χ3n) is 11.6. The van der Waals surface area contributed by atoms with E-state index in [1.807, 2.05) is 0 Å². The Morgan fingerprint density at radius 1 is 0.396 bits per heavy atom. The van der Waals surface area contributed by atoms with Crippen molar-refractivity contribution in [1.82, 2.24) is 0 Å². The minimum atomic E-state index is -3.11. The molecular weight excluding hydrogens is 771 g/mol. The summed E-state index contributed by atoms with van der Waals surface area (Å²) in [5.74, 6) is 0. The Kier molecular flexibility index (Phi) is 16.3. The van der Waals surface area contributed by atoms with E-state index in [9.17, 15) is 0 Å². The first kappa shape index (κ1) is 48.8. The maximum atomic E-state index is 2.60. The Balaban J connectivity index is 0.00000468. The third kappa shape index (κ3) is 7.40. The van der Waals surface area contributed by atoms with Crippen LogP contribution in [-0.4, -0.2) is 92.6 Å². The second-order valence-electron chi connectivity index (χ2n) is 15.7. The summed E-state index contributed by atoms with van der Waals surface area (Å²) in [6.45, 7) is 16.7. The van der Waals surface area contributed by atoms with Crippen molar-refractivity contribution in [1.29, 1.82) is 0 Å².